The Labute approximate surface area is 201 Å². The zero-order chi connectivity index (χ0) is 24.8. The van der Waals surface area contributed by atoms with Gasteiger partial charge in [0.25, 0.3) is 0 Å². The molecule has 2 saturated heterocycles. The summed E-state index contributed by atoms with van der Waals surface area (Å²) < 4.78 is 67.2. The van der Waals surface area contributed by atoms with Gasteiger partial charge in [-0.05, 0) is 75.2 Å². The molecular weight excluding hydrogens is 465 g/mol. The maximum atomic E-state index is 13.3. The third-order valence-electron chi connectivity index (χ3n) is 6.80. The highest BCUT2D eigenvalue weighted by Gasteiger charge is 2.34. The minimum absolute atomic E-state index is 0.0108. The molecule has 1 aromatic carbocycles. The molecule has 1 aromatic rings. The summed E-state index contributed by atoms with van der Waals surface area (Å²) in [6, 6.07) is 4.17. The molecule has 5 nitrogen and oxygen atoms in total. The number of aliphatic hydroxyl groups is 1. The molecule has 3 rings (SSSR count). The van der Waals surface area contributed by atoms with Gasteiger partial charge in [-0.2, -0.15) is 17.5 Å². The van der Waals surface area contributed by atoms with E-state index in [1.165, 1.54) is 35.3 Å². The van der Waals surface area contributed by atoms with Crippen LogP contribution in [0, 0.1) is 17.8 Å². The third kappa shape index (κ3) is 7.45. The van der Waals surface area contributed by atoms with Gasteiger partial charge in [0.05, 0.1) is 11.3 Å². The van der Waals surface area contributed by atoms with Crippen LogP contribution in [0.25, 0.3) is 0 Å². The number of aliphatic hydroxyl groups excluding tert-OH is 1. The van der Waals surface area contributed by atoms with E-state index < -0.39 is 22.6 Å². The van der Waals surface area contributed by atoms with Crippen LogP contribution in [0.2, 0.25) is 0 Å². The second kappa shape index (κ2) is 11.9. The summed E-state index contributed by atoms with van der Waals surface area (Å²) >= 11 is 0. The highest BCUT2D eigenvalue weighted by atomic mass is 32.2. The number of hydrogen-bond acceptors (Lipinski definition) is 4. The molecular formula is C25H35F3N2O3S. The van der Waals surface area contributed by atoms with Gasteiger partial charge in [-0.15, -0.1) is 0 Å². The number of piperidine rings is 2. The molecule has 0 aliphatic carbocycles. The standard InChI is InChI=1S/C25H35F3N2O3S/c1-20-9-13-29(14-10-20)23-11-15-30(16-12-23)34(32,33)24-8-7-22(19-25(26,27)28)21(18-24)6-4-2-3-5-17-31/h7-8,18,20,23,31H,2-3,5,9-17,19H2,1H3. The Hall–Kier alpha value is -1.60. The van der Waals surface area contributed by atoms with Gasteiger partial charge in [0, 0.05) is 37.7 Å². The van der Waals surface area contributed by atoms with Crippen molar-refractivity contribution in [2.45, 2.75) is 75.4 Å². The second-order valence-corrected chi connectivity index (χ2v) is 11.4. The van der Waals surface area contributed by atoms with Crippen LogP contribution in [0.3, 0.4) is 0 Å². The average molecular weight is 501 g/mol. The van der Waals surface area contributed by atoms with Gasteiger partial charge >= 0.3 is 6.18 Å². The highest BCUT2D eigenvalue weighted by molar-refractivity contribution is 7.89. The largest absolute Gasteiger partial charge is 0.396 e. The van der Waals surface area contributed by atoms with Crippen molar-refractivity contribution in [1.29, 1.82) is 0 Å². The molecule has 0 saturated carbocycles. The van der Waals surface area contributed by atoms with E-state index in [2.05, 4.69) is 23.7 Å². The Kier molecular flexibility index (Phi) is 9.44. The topological polar surface area (TPSA) is 60.9 Å². The fourth-order valence-corrected chi connectivity index (χ4v) is 6.17. The molecule has 9 heteroatoms. The molecule has 0 bridgehead atoms. The smallest absolute Gasteiger partial charge is 0.393 e. The van der Waals surface area contributed by atoms with Crippen molar-refractivity contribution in [2.75, 3.05) is 32.8 Å². The van der Waals surface area contributed by atoms with Crippen LogP contribution in [-0.2, 0) is 16.4 Å². The first-order chi connectivity index (χ1) is 16.1. The predicted octanol–water partition coefficient (Wildman–Crippen LogP) is 4.19. The fourth-order valence-electron chi connectivity index (χ4n) is 4.68. The summed E-state index contributed by atoms with van der Waals surface area (Å²) in [4.78, 5) is 2.46. The Bertz CT molecular complexity index is 969. The lowest BCUT2D eigenvalue weighted by atomic mass is 9.95. The molecule has 0 unspecified atom stereocenters. The Morgan fingerprint density at radius 3 is 2.35 bits per heavy atom. The van der Waals surface area contributed by atoms with Gasteiger partial charge in [-0.3, -0.25) is 0 Å². The molecule has 2 aliphatic rings. The summed E-state index contributed by atoms with van der Waals surface area (Å²) in [6.07, 6.45) is -0.0961. The number of likely N-dealkylation sites (tertiary alicyclic amines) is 1. The number of alkyl halides is 3. The molecule has 0 atom stereocenters. The maximum absolute atomic E-state index is 13.3. The number of unbranched alkanes of at least 4 members (excludes halogenated alkanes) is 2. The zero-order valence-electron chi connectivity index (χ0n) is 19.8. The quantitative estimate of drug-likeness (QED) is 0.451. The van der Waals surface area contributed by atoms with Crippen LogP contribution in [0.15, 0.2) is 23.1 Å². The average Bonchev–Trinajstić information content (AvgIpc) is 2.79. The number of halogens is 3. The number of hydrogen-bond donors (Lipinski definition) is 1. The van der Waals surface area contributed by atoms with Gasteiger partial charge in [-0.1, -0.05) is 24.8 Å². The fraction of sp³-hybridized carbons (Fsp3) is 0.680. The minimum atomic E-state index is -4.41. The maximum Gasteiger partial charge on any atom is 0.393 e. The molecule has 0 radical (unpaired) electrons. The Balaban J connectivity index is 1.73. The van der Waals surface area contributed by atoms with E-state index in [4.69, 9.17) is 5.11 Å². The van der Waals surface area contributed by atoms with Crippen LogP contribution >= 0.6 is 0 Å². The zero-order valence-corrected chi connectivity index (χ0v) is 20.6. The van der Waals surface area contributed by atoms with Gasteiger partial charge in [0.2, 0.25) is 10.0 Å². The summed E-state index contributed by atoms with van der Waals surface area (Å²) in [6.45, 7) is 5.22. The number of benzene rings is 1. The summed E-state index contributed by atoms with van der Waals surface area (Å²) in [5.41, 5.74) is 0.0684. The van der Waals surface area contributed by atoms with Crippen LogP contribution < -0.4 is 0 Å². The molecule has 34 heavy (non-hydrogen) atoms. The van der Waals surface area contributed by atoms with Crippen LogP contribution in [0.1, 0.15) is 63.0 Å². The first-order valence-corrected chi connectivity index (χ1v) is 13.6. The molecule has 0 aromatic heterocycles. The van der Waals surface area contributed by atoms with E-state index in [1.807, 2.05) is 0 Å². The van der Waals surface area contributed by atoms with Crippen molar-refractivity contribution in [1.82, 2.24) is 9.21 Å². The monoisotopic (exact) mass is 500 g/mol. The van der Waals surface area contributed by atoms with Crippen molar-refractivity contribution in [2.24, 2.45) is 5.92 Å². The molecule has 2 fully saturated rings. The van der Waals surface area contributed by atoms with Crippen molar-refractivity contribution in [3.63, 3.8) is 0 Å². The lowest BCUT2D eigenvalue weighted by Gasteiger charge is -2.41. The Morgan fingerprint density at radius 1 is 1.06 bits per heavy atom. The van der Waals surface area contributed by atoms with Gasteiger partial charge in [0.15, 0.2) is 0 Å². The molecule has 2 heterocycles. The minimum Gasteiger partial charge on any atom is -0.396 e. The molecule has 0 spiro atoms. The normalized spacial score (nSPS) is 19.7. The summed E-state index contributed by atoms with van der Waals surface area (Å²) in [7, 11) is -3.81. The van der Waals surface area contributed by atoms with Crippen LogP contribution in [0.5, 0.6) is 0 Å². The lowest BCUT2D eigenvalue weighted by Crippen LogP contribution is -2.48. The number of sulfonamides is 1. The highest BCUT2D eigenvalue weighted by Crippen LogP contribution is 2.29. The van der Waals surface area contributed by atoms with Gasteiger partial charge in [0.1, 0.15) is 0 Å². The number of nitrogens with zero attached hydrogens (tertiary/aromatic N) is 2. The van der Waals surface area contributed by atoms with E-state index in [0.29, 0.717) is 38.4 Å². The van der Waals surface area contributed by atoms with Crippen molar-refractivity contribution in [3.8, 4) is 11.8 Å². The first-order valence-electron chi connectivity index (χ1n) is 12.1. The van der Waals surface area contributed by atoms with Crippen LogP contribution in [0.4, 0.5) is 13.2 Å². The van der Waals surface area contributed by atoms with E-state index in [1.54, 1.807) is 0 Å². The lowest BCUT2D eigenvalue weighted by molar-refractivity contribution is -0.127. The molecule has 0 amide bonds. The molecule has 1 N–H and O–H groups in total. The summed E-state index contributed by atoms with van der Waals surface area (Å²) in [5.74, 6) is 6.31. The predicted molar refractivity (Wildman–Crippen MR) is 126 cm³/mol. The van der Waals surface area contributed by atoms with Gasteiger partial charge < -0.3 is 10.0 Å². The van der Waals surface area contributed by atoms with Crippen molar-refractivity contribution < 1.29 is 26.7 Å². The van der Waals surface area contributed by atoms with Crippen molar-refractivity contribution >= 4 is 10.0 Å². The van der Waals surface area contributed by atoms with E-state index in [0.717, 1.165) is 31.8 Å². The van der Waals surface area contributed by atoms with Crippen LogP contribution in [-0.4, -0.2) is 67.7 Å². The molecule has 190 valence electrons. The third-order valence-corrected chi connectivity index (χ3v) is 8.70. The Morgan fingerprint density at radius 2 is 1.74 bits per heavy atom. The van der Waals surface area contributed by atoms with E-state index >= 15 is 0 Å². The van der Waals surface area contributed by atoms with E-state index in [-0.39, 0.29) is 22.6 Å². The molecule has 2 aliphatic heterocycles. The summed E-state index contributed by atoms with van der Waals surface area (Å²) in [5, 5.41) is 8.86. The second-order valence-electron chi connectivity index (χ2n) is 9.45. The first kappa shape index (κ1) is 27.0. The van der Waals surface area contributed by atoms with E-state index in [9.17, 15) is 21.6 Å². The van der Waals surface area contributed by atoms with Gasteiger partial charge in [-0.25, -0.2) is 8.42 Å². The number of rotatable bonds is 7. The SMILES string of the molecule is CC1CCN(C2CCN(S(=O)(=O)c3ccc(CC(F)(F)F)c(C#CCCCCO)c3)CC2)CC1. The van der Waals surface area contributed by atoms with Crippen molar-refractivity contribution in [3.05, 3.63) is 29.3 Å².